The maximum Gasteiger partial charge on any atom is 0.329 e. The fraction of sp³-hybridized carbons (Fsp3) is 0.889. The second-order valence-corrected chi connectivity index (χ2v) is 6.86. The summed E-state index contributed by atoms with van der Waals surface area (Å²) in [6, 6.07) is 0. The number of aliphatic carboxylic acids is 1. The Morgan fingerprint density at radius 2 is 2.06 bits per heavy atom. The molecule has 2 aliphatic rings. The van der Waals surface area contributed by atoms with E-state index in [1.54, 1.807) is 6.92 Å². The number of carboxylic acids is 1. The van der Waals surface area contributed by atoms with Gasteiger partial charge in [0, 0.05) is 13.1 Å². The van der Waals surface area contributed by atoms with Gasteiger partial charge in [0.25, 0.3) is 0 Å². The molecular formula is C9H15NO5S. The standard InChI is InChI=1S/C9H15NO5S/c1-9(15-4-8(11)12)5-10(6-9)16(13,14)7-2-3-7/h7H,2-6H2,1H3,(H,11,12). The first-order valence-corrected chi connectivity index (χ1v) is 6.68. The van der Waals surface area contributed by atoms with Gasteiger partial charge in [-0.1, -0.05) is 0 Å². The molecule has 0 unspecified atom stereocenters. The monoisotopic (exact) mass is 249 g/mol. The van der Waals surface area contributed by atoms with Gasteiger partial charge in [0.05, 0.1) is 10.9 Å². The first-order valence-electron chi connectivity index (χ1n) is 5.18. The predicted octanol–water partition coefficient (Wildman–Crippen LogP) is -0.346. The molecule has 0 aromatic carbocycles. The van der Waals surface area contributed by atoms with Crippen LogP contribution in [0.25, 0.3) is 0 Å². The van der Waals surface area contributed by atoms with E-state index < -0.39 is 21.6 Å². The predicted molar refractivity (Wildman–Crippen MR) is 55.5 cm³/mol. The molecule has 0 aromatic rings. The van der Waals surface area contributed by atoms with E-state index in [1.165, 1.54) is 4.31 Å². The summed E-state index contributed by atoms with van der Waals surface area (Å²) in [5.41, 5.74) is -0.639. The lowest BCUT2D eigenvalue weighted by Crippen LogP contribution is -2.63. The highest BCUT2D eigenvalue weighted by Gasteiger charge is 2.50. The van der Waals surface area contributed by atoms with Crippen molar-refractivity contribution in [1.29, 1.82) is 0 Å². The largest absolute Gasteiger partial charge is 0.480 e. The van der Waals surface area contributed by atoms with Gasteiger partial charge in [0.15, 0.2) is 0 Å². The highest BCUT2D eigenvalue weighted by atomic mass is 32.2. The number of ether oxygens (including phenoxy) is 1. The van der Waals surface area contributed by atoms with Crippen molar-refractivity contribution in [2.24, 2.45) is 0 Å². The van der Waals surface area contributed by atoms with Crippen molar-refractivity contribution in [3.63, 3.8) is 0 Å². The van der Waals surface area contributed by atoms with E-state index in [0.29, 0.717) is 0 Å². The molecule has 1 saturated heterocycles. The zero-order chi connectivity index (χ0) is 12.0. The van der Waals surface area contributed by atoms with E-state index in [1.807, 2.05) is 0 Å². The summed E-state index contributed by atoms with van der Waals surface area (Å²) in [5.74, 6) is -1.04. The lowest BCUT2D eigenvalue weighted by Gasteiger charge is -2.46. The van der Waals surface area contributed by atoms with Crippen molar-refractivity contribution < 1.29 is 23.1 Å². The Morgan fingerprint density at radius 3 is 2.50 bits per heavy atom. The number of carboxylic acid groups (broad SMARTS) is 1. The fourth-order valence-corrected chi connectivity index (χ4v) is 3.84. The Kier molecular flexibility index (Phi) is 2.72. The summed E-state index contributed by atoms with van der Waals surface area (Å²) >= 11 is 0. The molecule has 2 rings (SSSR count). The van der Waals surface area contributed by atoms with Crippen LogP contribution < -0.4 is 0 Å². The maximum atomic E-state index is 11.8. The van der Waals surface area contributed by atoms with Crippen LogP contribution >= 0.6 is 0 Å². The van der Waals surface area contributed by atoms with E-state index >= 15 is 0 Å². The SMILES string of the molecule is CC1(OCC(=O)O)CN(S(=O)(=O)C2CC2)C1. The third kappa shape index (κ3) is 2.21. The van der Waals surface area contributed by atoms with Crippen LogP contribution in [0.15, 0.2) is 0 Å². The van der Waals surface area contributed by atoms with Gasteiger partial charge in [-0.3, -0.25) is 0 Å². The smallest absolute Gasteiger partial charge is 0.329 e. The Bertz CT molecular complexity index is 394. The van der Waals surface area contributed by atoms with E-state index in [-0.39, 0.29) is 24.9 Å². The van der Waals surface area contributed by atoms with Crippen LogP contribution in [0.2, 0.25) is 0 Å². The number of hydrogen-bond acceptors (Lipinski definition) is 4. The highest BCUT2D eigenvalue weighted by molar-refractivity contribution is 7.90. The van der Waals surface area contributed by atoms with Crippen LogP contribution in [0.3, 0.4) is 0 Å². The Balaban J connectivity index is 1.86. The van der Waals surface area contributed by atoms with E-state index in [9.17, 15) is 13.2 Å². The van der Waals surface area contributed by atoms with Gasteiger partial charge in [-0.05, 0) is 19.8 Å². The summed E-state index contributed by atoms with van der Waals surface area (Å²) in [6.45, 7) is 1.88. The fourth-order valence-electron chi connectivity index (χ4n) is 1.78. The molecule has 2 fully saturated rings. The summed E-state index contributed by atoms with van der Waals surface area (Å²) < 4.78 is 30.0. The van der Waals surface area contributed by atoms with Crippen LogP contribution in [-0.4, -0.2) is 54.3 Å². The summed E-state index contributed by atoms with van der Waals surface area (Å²) in [4.78, 5) is 10.3. The van der Waals surface area contributed by atoms with Crippen LogP contribution in [0.5, 0.6) is 0 Å². The molecule has 0 atom stereocenters. The molecule has 1 N–H and O–H groups in total. The average Bonchev–Trinajstić information content (AvgIpc) is 2.92. The van der Waals surface area contributed by atoms with Crippen molar-refractivity contribution in [2.45, 2.75) is 30.6 Å². The zero-order valence-electron chi connectivity index (χ0n) is 9.05. The zero-order valence-corrected chi connectivity index (χ0v) is 9.87. The van der Waals surface area contributed by atoms with Gasteiger partial charge < -0.3 is 9.84 Å². The van der Waals surface area contributed by atoms with Gasteiger partial charge in [-0.25, -0.2) is 13.2 Å². The van der Waals surface area contributed by atoms with Crippen molar-refractivity contribution in [3.05, 3.63) is 0 Å². The summed E-state index contributed by atoms with van der Waals surface area (Å²) in [5, 5.41) is 8.25. The number of hydrogen-bond donors (Lipinski definition) is 1. The third-order valence-electron chi connectivity index (χ3n) is 2.87. The van der Waals surface area contributed by atoms with Crippen LogP contribution in [0.1, 0.15) is 19.8 Å². The molecule has 0 amide bonds. The first kappa shape index (κ1) is 11.8. The van der Waals surface area contributed by atoms with E-state index in [4.69, 9.17) is 9.84 Å². The molecule has 1 aliphatic carbocycles. The number of carbonyl (C=O) groups is 1. The van der Waals surface area contributed by atoms with Gasteiger partial charge in [-0.15, -0.1) is 0 Å². The Morgan fingerprint density at radius 1 is 1.50 bits per heavy atom. The molecule has 1 heterocycles. The Labute approximate surface area is 94.2 Å². The molecule has 6 nitrogen and oxygen atoms in total. The van der Waals surface area contributed by atoms with Crippen molar-refractivity contribution in [3.8, 4) is 0 Å². The molecule has 0 aromatic heterocycles. The minimum Gasteiger partial charge on any atom is -0.480 e. The molecule has 1 saturated carbocycles. The van der Waals surface area contributed by atoms with Gasteiger partial charge in [-0.2, -0.15) is 4.31 Å². The normalized spacial score (nSPS) is 25.1. The molecule has 16 heavy (non-hydrogen) atoms. The molecular weight excluding hydrogens is 234 g/mol. The first-order chi connectivity index (χ1) is 7.33. The van der Waals surface area contributed by atoms with E-state index in [2.05, 4.69) is 0 Å². The molecule has 0 bridgehead atoms. The molecule has 7 heteroatoms. The topological polar surface area (TPSA) is 83.9 Å². The number of rotatable bonds is 5. The lowest BCUT2D eigenvalue weighted by molar-refractivity contribution is -0.157. The quantitative estimate of drug-likeness (QED) is 0.720. The number of sulfonamides is 1. The minimum atomic E-state index is -3.13. The van der Waals surface area contributed by atoms with E-state index in [0.717, 1.165) is 12.8 Å². The molecule has 92 valence electrons. The maximum absolute atomic E-state index is 11.8. The Hall–Kier alpha value is -0.660. The third-order valence-corrected chi connectivity index (χ3v) is 5.16. The van der Waals surface area contributed by atoms with Crippen molar-refractivity contribution in [2.75, 3.05) is 19.7 Å². The molecule has 0 radical (unpaired) electrons. The minimum absolute atomic E-state index is 0.212. The van der Waals surface area contributed by atoms with Crippen LogP contribution in [0.4, 0.5) is 0 Å². The van der Waals surface area contributed by atoms with Crippen molar-refractivity contribution in [1.82, 2.24) is 4.31 Å². The van der Waals surface area contributed by atoms with Crippen LogP contribution in [0, 0.1) is 0 Å². The van der Waals surface area contributed by atoms with Gasteiger partial charge in [0.2, 0.25) is 10.0 Å². The second-order valence-electron chi connectivity index (χ2n) is 4.64. The van der Waals surface area contributed by atoms with Gasteiger partial charge >= 0.3 is 5.97 Å². The van der Waals surface area contributed by atoms with Gasteiger partial charge in [0.1, 0.15) is 6.61 Å². The average molecular weight is 249 g/mol. The van der Waals surface area contributed by atoms with Crippen LogP contribution in [-0.2, 0) is 19.6 Å². The molecule has 0 spiro atoms. The molecule has 1 aliphatic heterocycles. The highest BCUT2D eigenvalue weighted by Crippen LogP contribution is 2.36. The second kappa shape index (κ2) is 3.68. The van der Waals surface area contributed by atoms with Crippen molar-refractivity contribution >= 4 is 16.0 Å². The lowest BCUT2D eigenvalue weighted by atomic mass is 10.0. The summed E-state index contributed by atoms with van der Waals surface area (Å²) in [6.07, 6.45) is 1.48. The summed E-state index contributed by atoms with van der Waals surface area (Å²) in [7, 11) is -3.13. The number of nitrogens with zero attached hydrogens (tertiary/aromatic N) is 1.